The zero-order valence-corrected chi connectivity index (χ0v) is 53.8. The fraction of sp³-hybridized carbons (Fsp3) is 0.515. The van der Waals surface area contributed by atoms with Crippen LogP contribution in [-0.2, 0) is 140 Å². The molecule has 516 valence electrons. The van der Waals surface area contributed by atoms with Gasteiger partial charge in [0.05, 0.1) is 47.3 Å². The summed E-state index contributed by atoms with van der Waals surface area (Å²) in [5.41, 5.74) is 23.2. The standard InChI is InChI=1S/C66H78N6O24/c1-9-30-81-63-48(69-71-67)54(85-32-43-24-16-11-17-25-43)52(46(90-63)35-82-38(3)73)94-66-60(89-41(6)76)56(87-34-45-28-20-13-21-29-45)57(58(96-66)62(78)80-8)95-64-49(70-72-68)55(86-33-44-26-18-12-19-27-44)53(47(91-64)36-83-39(4)74)93-65-59(88-40(5)75)50(37(2)51(92-65)61(77)79-7)84-31-42-22-14-10-15-23-42/h9-29,37,46-60,63-66H,1,30-36H2,2-8H3/t37-,46?,47-,48-,49?,50?,51+,52+,53+,54?,55?,56+,57-,58?,59?,60?,63-,64+,65-,66+/m0/s1. The van der Waals surface area contributed by atoms with E-state index in [9.17, 15) is 39.8 Å². The molecule has 4 fully saturated rings. The van der Waals surface area contributed by atoms with Crippen LogP contribution < -0.4 is 0 Å². The molecule has 20 atom stereocenters. The lowest BCUT2D eigenvalue weighted by Crippen LogP contribution is -2.68. The van der Waals surface area contributed by atoms with Gasteiger partial charge >= 0.3 is 35.8 Å². The Bertz CT molecular complexity index is 3280. The number of hydrogen-bond donors (Lipinski definition) is 0. The lowest BCUT2D eigenvalue weighted by Gasteiger charge is -2.51. The van der Waals surface area contributed by atoms with Gasteiger partial charge in [0.1, 0.15) is 80.2 Å². The molecule has 4 aromatic rings. The zero-order valence-electron chi connectivity index (χ0n) is 53.8. The Kier molecular flexibility index (Phi) is 28.0. The molecule has 4 aromatic carbocycles. The van der Waals surface area contributed by atoms with Crippen molar-refractivity contribution in [1.29, 1.82) is 0 Å². The van der Waals surface area contributed by atoms with Gasteiger partial charge in [-0.3, -0.25) is 19.2 Å². The third-order valence-corrected chi connectivity index (χ3v) is 15.7. The van der Waals surface area contributed by atoms with Crippen LogP contribution in [0.5, 0.6) is 0 Å². The van der Waals surface area contributed by atoms with Crippen LogP contribution in [0, 0.1) is 5.92 Å². The average molecular weight is 1340 g/mol. The molecule has 0 bridgehead atoms. The first-order valence-electron chi connectivity index (χ1n) is 30.7. The molecule has 96 heavy (non-hydrogen) atoms. The van der Waals surface area contributed by atoms with Crippen molar-refractivity contribution in [2.75, 3.05) is 34.0 Å². The summed E-state index contributed by atoms with van der Waals surface area (Å²) in [6.45, 7) is 7.85. The van der Waals surface area contributed by atoms with E-state index in [2.05, 4.69) is 26.6 Å². The second-order valence-corrected chi connectivity index (χ2v) is 22.5. The van der Waals surface area contributed by atoms with Crippen LogP contribution in [-0.4, -0.2) is 186 Å². The van der Waals surface area contributed by atoms with Crippen molar-refractivity contribution in [3.63, 3.8) is 0 Å². The van der Waals surface area contributed by atoms with Gasteiger partial charge in [-0.1, -0.05) is 145 Å². The third kappa shape index (κ3) is 19.9. The highest BCUT2D eigenvalue weighted by Gasteiger charge is 2.60. The molecule has 4 heterocycles. The fourth-order valence-electron chi connectivity index (χ4n) is 11.4. The number of carbonyl (C=O) groups excluding carboxylic acids is 6. The molecule has 0 spiro atoms. The molecule has 0 saturated carbocycles. The highest BCUT2D eigenvalue weighted by molar-refractivity contribution is 5.76. The van der Waals surface area contributed by atoms with E-state index in [-0.39, 0.29) is 33.0 Å². The Labute approximate surface area is 552 Å². The molecule has 0 aromatic heterocycles. The molecule has 4 aliphatic rings. The van der Waals surface area contributed by atoms with Crippen LogP contribution >= 0.6 is 0 Å². The van der Waals surface area contributed by atoms with Crippen molar-refractivity contribution < 1.29 is 114 Å². The highest BCUT2D eigenvalue weighted by Crippen LogP contribution is 2.41. The molecule has 4 saturated heterocycles. The van der Waals surface area contributed by atoms with Gasteiger partial charge < -0.3 is 85.3 Å². The number of esters is 6. The van der Waals surface area contributed by atoms with Crippen molar-refractivity contribution in [3.05, 3.63) is 177 Å². The topological polar surface area (TPSA) is 366 Å². The Balaban J connectivity index is 1.25. The summed E-state index contributed by atoms with van der Waals surface area (Å²) in [4.78, 5) is 87.1. The number of ether oxygens (including phenoxy) is 18. The minimum absolute atomic E-state index is 0.0330. The Morgan fingerprint density at radius 3 is 1.21 bits per heavy atom. The number of azide groups is 2. The van der Waals surface area contributed by atoms with Crippen LogP contribution in [0.2, 0.25) is 0 Å². The van der Waals surface area contributed by atoms with E-state index in [4.69, 9.17) is 85.3 Å². The number of benzene rings is 4. The van der Waals surface area contributed by atoms with Crippen molar-refractivity contribution in [3.8, 4) is 0 Å². The first-order valence-corrected chi connectivity index (χ1v) is 30.7. The van der Waals surface area contributed by atoms with Gasteiger partial charge in [-0.15, -0.1) is 6.58 Å². The summed E-state index contributed by atoms with van der Waals surface area (Å²) in [6, 6.07) is 32.2. The molecule has 0 amide bonds. The zero-order chi connectivity index (χ0) is 68.7. The van der Waals surface area contributed by atoms with Gasteiger partial charge in [0, 0.05) is 43.4 Å². The smallest absolute Gasteiger partial charge is 0.337 e. The Morgan fingerprint density at radius 2 is 0.812 bits per heavy atom. The predicted octanol–water partition coefficient (Wildman–Crippen LogP) is 6.92. The van der Waals surface area contributed by atoms with E-state index >= 15 is 0 Å². The largest absolute Gasteiger partial charge is 0.467 e. The van der Waals surface area contributed by atoms with Crippen LogP contribution in [0.15, 0.2) is 144 Å². The average Bonchev–Trinajstić information content (AvgIpc) is 0.764. The number of methoxy groups -OCH3 is 2. The summed E-state index contributed by atoms with van der Waals surface area (Å²) in [7, 11) is 2.20. The summed E-state index contributed by atoms with van der Waals surface area (Å²) in [6.07, 6.45) is -26.1. The minimum Gasteiger partial charge on any atom is -0.467 e. The van der Waals surface area contributed by atoms with E-state index < -0.39 is 172 Å². The van der Waals surface area contributed by atoms with E-state index in [1.807, 2.05) is 18.2 Å². The molecule has 30 nitrogen and oxygen atoms in total. The number of carbonyl (C=O) groups is 6. The van der Waals surface area contributed by atoms with E-state index in [1.165, 1.54) is 6.08 Å². The normalized spacial score (nSPS) is 30.2. The van der Waals surface area contributed by atoms with Crippen LogP contribution in [0.4, 0.5) is 0 Å². The van der Waals surface area contributed by atoms with Crippen LogP contribution in [0.25, 0.3) is 20.9 Å². The lowest BCUT2D eigenvalue weighted by molar-refractivity contribution is -0.376. The van der Waals surface area contributed by atoms with Crippen LogP contribution in [0.3, 0.4) is 0 Å². The van der Waals surface area contributed by atoms with Gasteiger partial charge in [0.25, 0.3) is 0 Å². The number of nitrogens with zero attached hydrogens (tertiary/aromatic N) is 6. The van der Waals surface area contributed by atoms with Crippen molar-refractivity contribution >= 4 is 35.8 Å². The number of hydrogen-bond acceptors (Lipinski definition) is 26. The Hall–Kier alpha value is -8.42. The molecule has 4 aliphatic heterocycles. The quantitative estimate of drug-likeness (QED) is 0.0123. The van der Waals surface area contributed by atoms with Gasteiger partial charge in [0.15, 0.2) is 49.6 Å². The van der Waals surface area contributed by atoms with Gasteiger partial charge in [0.2, 0.25) is 0 Å². The van der Waals surface area contributed by atoms with E-state index in [0.29, 0.717) is 16.7 Å². The molecule has 0 radical (unpaired) electrons. The third-order valence-electron chi connectivity index (χ3n) is 15.7. The molecule has 8 unspecified atom stereocenters. The van der Waals surface area contributed by atoms with Gasteiger partial charge in [-0.2, -0.15) is 0 Å². The van der Waals surface area contributed by atoms with Crippen molar-refractivity contribution in [1.82, 2.24) is 0 Å². The maximum Gasteiger partial charge on any atom is 0.337 e. The van der Waals surface area contributed by atoms with Gasteiger partial charge in [-0.05, 0) is 33.3 Å². The fourth-order valence-corrected chi connectivity index (χ4v) is 11.4. The molecule has 0 aliphatic carbocycles. The maximum absolute atomic E-state index is 14.7. The van der Waals surface area contributed by atoms with E-state index in [0.717, 1.165) is 47.5 Å². The second kappa shape index (κ2) is 36.6. The monoisotopic (exact) mass is 1340 g/mol. The molecule has 30 heteroatoms. The predicted molar refractivity (Wildman–Crippen MR) is 329 cm³/mol. The van der Waals surface area contributed by atoms with Crippen molar-refractivity contribution in [2.45, 2.75) is 178 Å². The first kappa shape index (κ1) is 73.4. The lowest BCUT2D eigenvalue weighted by atomic mass is 9.89. The molecule has 8 rings (SSSR count). The second-order valence-electron chi connectivity index (χ2n) is 22.5. The van der Waals surface area contributed by atoms with Gasteiger partial charge in [-0.25, -0.2) is 9.59 Å². The summed E-state index contributed by atoms with van der Waals surface area (Å²) < 4.78 is 113. The first-order chi connectivity index (χ1) is 46.4. The SMILES string of the molecule is C=CCO[C@H]1OC(COC(C)=O)[C@@H](O[C@@H]2OC(C(=O)OC)[C@@H](O[C@H]3O[C@@H](COC(C)=O)[C@@H](O[C@@H]4O[C@@H](C(=O)OC)[C@@H](C)C(OCc5ccccc5)C4OC(C)=O)C(OCc4ccccc4)C3N=[N+]=[N-])[C@@H](OCc3ccccc3)C2OC(C)=O)C(OCc2ccccc2)[C@@H]1N=[N+]=[N-]. The minimum atomic E-state index is -2.01. The molecular weight excluding hydrogens is 1260 g/mol. The highest BCUT2D eigenvalue weighted by atomic mass is 16.8. The Morgan fingerprint density at radius 1 is 0.448 bits per heavy atom. The summed E-state index contributed by atoms with van der Waals surface area (Å²) in [5.74, 6) is -6.13. The summed E-state index contributed by atoms with van der Waals surface area (Å²) in [5, 5.41) is 8.22. The van der Waals surface area contributed by atoms with Crippen molar-refractivity contribution in [2.24, 2.45) is 16.1 Å². The van der Waals surface area contributed by atoms with E-state index in [1.54, 1.807) is 110 Å². The molecular formula is C66H78N6O24. The van der Waals surface area contributed by atoms with Crippen LogP contribution in [0.1, 0.15) is 56.9 Å². The number of rotatable bonds is 31. The molecule has 0 N–H and O–H groups in total. The maximum atomic E-state index is 14.7. The summed E-state index contributed by atoms with van der Waals surface area (Å²) >= 11 is 0.